The molecule has 0 saturated carbocycles. The third-order valence-corrected chi connectivity index (χ3v) is 3.45. The minimum atomic E-state index is -1.03. The first kappa shape index (κ1) is 15.4. The average Bonchev–Trinajstić information content (AvgIpc) is 2.40. The third kappa shape index (κ3) is 3.18. The van der Waals surface area contributed by atoms with Crippen LogP contribution in [0, 0.1) is 24.4 Å². The molecule has 0 spiro atoms. The van der Waals surface area contributed by atoms with Gasteiger partial charge in [0, 0.05) is 11.8 Å². The Labute approximate surface area is 127 Å². The van der Waals surface area contributed by atoms with Gasteiger partial charge in [-0.05, 0) is 46.6 Å². The molecule has 2 aromatic carbocycles. The van der Waals surface area contributed by atoms with Crippen LogP contribution in [0.3, 0.4) is 0 Å². The van der Waals surface area contributed by atoms with E-state index in [9.17, 15) is 18.0 Å². The van der Waals surface area contributed by atoms with Crippen LogP contribution in [0.1, 0.15) is 15.9 Å². The van der Waals surface area contributed by atoms with Crippen LogP contribution in [-0.4, -0.2) is 5.91 Å². The molecule has 21 heavy (non-hydrogen) atoms. The van der Waals surface area contributed by atoms with Gasteiger partial charge >= 0.3 is 0 Å². The van der Waals surface area contributed by atoms with Crippen molar-refractivity contribution in [3.8, 4) is 0 Å². The molecule has 0 aromatic heterocycles. The van der Waals surface area contributed by atoms with Crippen LogP contribution < -0.4 is 11.1 Å². The fraction of sp³-hybridized carbons (Fsp3) is 0.0714. The zero-order valence-corrected chi connectivity index (χ0v) is 12.4. The Morgan fingerprint density at radius 2 is 1.76 bits per heavy atom. The quantitative estimate of drug-likeness (QED) is 0.797. The van der Waals surface area contributed by atoms with Crippen LogP contribution in [0.4, 0.5) is 24.5 Å². The number of hydrogen-bond acceptors (Lipinski definition) is 2. The summed E-state index contributed by atoms with van der Waals surface area (Å²) in [5, 5.41) is 2.43. The normalized spacial score (nSPS) is 10.5. The van der Waals surface area contributed by atoms with Gasteiger partial charge in [0.15, 0.2) is 0 Å². The smallest absolute Gasteiger partial charge is 0.258 e. The highest BCUT2D eigenvalue weighted by Gasteiger charge is 2.16. The van der Waals surface area contributed by atoms with Crippen molar-refractivity contribution < 1.29 is 18.0 Å². The summed E-state index contributed by atoms with van der Waals surface area (Å²) in [7, 11) is 0. The first-order chi connectivity index (χ1) is 9.79. The number of amides is 1. The Hall–Kier alpha value is -2.02. The summed E-state index contributed by atoms with van der Waals surface area (Å²) in [5.74, 6) is -3.26. The fourth-order valence-corrected chi connectivity index (χ4v) is 2.05. The van der Waals surface area contributed by atoms with Crippen LogP contribution in [0.2, 0.25) is 0 Å². The number of anilines is 2. The molecule has 0 saturated heterocycles. The van der Waals surface area contributed by atoms with E-state index in [2.05, 4.69) is 21.2 Å². The maximum atomic E-state index is 13.6. The van der Waals surface area contributed by atoms with E-state index in [-0.39, 0.29) is 10.2 Å². The second-order valence-electron chi connectivity index (χ2n) is 4.39. The molecule has 7 heteroatoms. The molecule has 110 valence electrons. The number of carbonyl (C=O) groups is 1. The lowest BCUT2D eigenvalue weighted by molar-refractivity contribution is 0.102. The van der Waals surface area contributed by atoms with Crippen molar-refractivity contribution >= 4 is 33.2 Å². The number of nitrogen functional groups attached to an aromatic ring is 1. The molecule has 3 N–H and O–H groups in total. The molecule has 2 rings (SSSR count). The minimum Gasteiger partial charge on any atom is -0.396 e. The molecule has 0 aliphatic heterocycles. The van der Waals surface area contributed by atoms with Crippen molar-refractivity contribution in [1.82, 2.24) is 0 Å². The van der Waals surface area contributed by atoms with E-state index in [0.29, 0.717) is 17.3 Å². The van der Waals surface area contributed by atoms with Crippen LogP contribution in [0.25, 0.3) is 0 Å². The number of nitrogens with one attached hydrogen (secondary N) is 1. The van der Waals surface area contributed by atoms with Gasteiger partial charge in [-0.2, -0.15) is 0 Å². The SMILES string of the molecule is Cc1cc(F)c(Br)cc1NC(=O)c1cc(N)c(F)cc1F. The minimum absolute atomic E-state index is 0.155. The average molecular weight is 359 g/mol. The second kappa shape index (κ2) is 5.77. The van der Waals surface area contributed by atoms with Gasteiger partial charge in [0.25, 0.3) is 5.91 Å². The monoisotopic (exact) mass is 358 g/mol. The Bertz CT molecular complexity index is 735. The molecule has 0 fully saturated rings. The largest absolute Gasteiger partial charge is 0.396 e. The van der Waals surface area contributed by atoms with Gasteiger partial charge in [-0.3, -0.25) is 4.79 Å². The van der Waals surface area contributed by atoms with E-state index in [1.165, 1.54) is 12.1 Å². The lowest BCUT2D eigenvalue weighted by Crippen LogP contribution is -2.15. The van der Waals surface area contributed by atoms with Gasteiger partial charge in [-0.1, -0.05) is 0 Å². The maximum Gasteiger partial charge on any atom is 0.258 e. The highest BCUT2D eigenvalue weighted by Crippen LogP contribution is 2.25. The maximum absolute atomic E-state index is 13.6. The van der Waals surface area contributed by atoms with E-state index in [0.717, 1.165) is 6.07 Å². The molecular formula is C14H10BrF3N2O. The Balaban J connectivity index is 2.35. The lowest BCUT2D eigenvalue weighted by Gasteiger charge is -2.11. The second-order valence-corrected chi connectivity index (χ2v) is 5.24. The molecule has 0 aliphatic carbocycles. The van der Waals surface area contributed by atoms with E-state index >= 15 is 0 Å². The first-order valence-corrected chi connectivity index (χ1v) is 6.60. The van der Waals surface area contributed by atoms with Crippen LogP contribution in [-0.2, 0) is 0 Å². The van der Waals surface area contributed by atoms with E-state index in [1.807, 2.05) is 0 Å². The van der Waals surface area contributed by atoms with Crippen molar-refractivity contribution in [2.45, 2.75) is 6.92 Å². The zero-order chi connectivity index (χ0) is 15.7. The van der Waals surface area contributed by atoms with Crippen molar-refractivity contribution in [2.24, 2.45) is 0 Å². The van der Waals surface area contributed by atoms with Crippen LogP contribution in [0.15, 0.2) is 28.7 Å². The first-order valence-electron chi connectivity index (χ1n) is 5.81. The van der Waals surface area contributed by atoms with E-state index in [4.69, 9.17) is 5.73 Å². The molecule has 0 radical (unpaired) electrons. The standard InChI is InChI=1S/C14H10BrF3N2O/c1-6-2-10(17)8(15)4-13(6)20-14(21)7-3-12(19)11(18)5-9(7)16/h2-5H,19H2,1H3,(H,20,21). The lowest BCUT2D eigenvalue weighted by atomic mass is 10.1. The topological polar surface area (TPSA) is 55.1 Å². The number of hydrogen-bond donors (Lipinski definition) is 2. The van der Waals surface area contributed by atoms with Gasteiger partial charge < -0.3 is 11.1 Å². The van der Waals surface area contributed by atoms with Crippen molar-refractivity contribution in [3.63, 3.8) is 0 Å². The summed E-state index contributed by atoms with van der Waals surface area (Å²) >= 11 is 2.99. The summed E-state index contributed by atoms with van der Waals surface area (Å²) in [5.41, 5.74) is 5.35. The van der Waals surface area contributed by atoms with Gasteiger partial charge in [-0.15, -0.1) is 0 Å². The molecule has 1 amide bonds. The number of carbonyl (C=O) groups excluding carboxylic acids is 1. The highest BCUT2D eigenvalue weighted by atomic mass is 79.9. The number of nitrogens with two attached hydrogens (primary N) is 1. The molecular weight excluding hydrogens is 349 g/mol. The van der Waals surface area contributed by atoms with Gasteiger partial charge in [0.1, 0.15) is 17.5 Å². The highest BCUT2D eigenvalue weighted by molar-refractivity contribution is 9.10. The molecule has 0 aliphatic rings. The molecule has 2 aromatic rings. The Morgan fingerprint density at radius 3 is 2.43 bits per heavy atom. The number of aryl methyl sites for hydroxylation is 1. The molecule has 0 heterocycles. The van der Waals surface area contributed by atoms with E-state index in [1.54, 1.807) is 6.92 Å². The molecule has 0 unspecified atom stereocenters. The van der Waals surface area contributed by atoms with Crippen LogP contribution in [0.5, 0.6) is 0 Å². The molecule has 0 atom stereocenters. The summed E-state index contributed by atoms with van der Waals surface area (Å²) in [6, 6.07) is 4.02. The van der Waals surface area contributed by atoms with Gasteiger partial charge in [-0.25, -0.2) is 13.2 Å². The number of rotatable bonds is 2. The Morgan fingerprint density at radius 1 is 1.10 bits per heavy atom. The van der Waals surface area contributed by atoms with Crippen molar-refractivity contribution in [3.05, 3.63) is 57.3 Å². The third-order valence-electron chi connectivity index (χ3n) is 2.85. The van der Waals surface area contributed by atoms with Crippen molar-refractivity contribution in [1.29, 1.82) is 0 Å². The summed E-state index contributed by atoms with van der Waals surface area (Å²) < 4.78 is 40.1. The number of halogens is 4. The van der Waals surface area contributed by atoms with Crippen molar-refractivity contribution in [2.75, 3.05) is 11.1 Å². The summed E-state index contributed by atoms with van der Waals surface area (Å²) in [6.45, 7) is 1.58. The van der Waals surface area contributed by atoms with Crippen LogP contribution >= 0.6 is 15.9 Å². The molecule has 3 nitrogen and oxygen atoms in total. The summed E-state index contributed by atoms with van der Waals surface area (Å²) in [6.07, 6.45) is 0. The fourth-order valence-electron chi connectivity index (χ4n) is 1.71. The predicted octanol–water partition coefficient (Wildman–Crippen LogP) is 4.01. The van der Waals surface area contributed by atoms with Gasteiger partial charge in [0.05, 0.1) is 15.7 Å². The molecule has 0 bridgehead atoms. The number of benzene rings is 2. The Kier molecular flexibility index (Phi) is 4.22. The van der Waals surface area contributed by atoms with E-state index < -0.39 is 28.9 Å². The predicted molar refractivity (Wildman–Crippen MR) is 77.6 cm³/mol. The zero-order valence-electron chi connectivity index (χ0n) is 10.8. The van der Waals surface area contributed by atoms with Gasteiger partial charge in [0.2, 0.25) is 0 Å². The summed E-state index contributed by atoms with van der Waals surface area (Å²) in [4.78, 5) is 12.0.